The van der Waals surface area contributed by atoms with E-state index < -0.39 is 0 Å². The molecule has 1 saturated carbocycles. The van der Waals surface area contributed by atoms with Gasteiger partial charge in [-0.15, -0.1) is 0 Å². The zero-order valence-electron chi connectivity index (χ0n) is 6.48. The van der Waals surface area contributed by atoms with Crippen molar-refractivity contribution in [1.29, 1.82) is 0 Å². The standard InChI is InChI=1S/C8H17N/c1-3-4-8(5-6-8)7(2)9/h7H,3-6,9H2,1-2H3. The van der Waals surface area contributed by atoms with Gasteiger partial charge in [-0.05, 0) is 31.6 Å². The van der Waals surface area contributed by atoms with Gasteiger partial charge in [-0.25, -0.2) is 0 Å². The molecule has 1 unspecified atom stereocenters. The summed E-state index contributed by atoms with van der Waals surface area (Å²) in [7, 11) is 0. The molecule has 0 aromatic heterocycles. The summed E-state index contributed by atoms with van der Waals surface area (Å²) in [6, 6.07) is 0.428. The lowest BCUT2D eigenvalue weighted by atomic mass is 9.93. The molecular formula is C8H17N. The molecule has 0 aliphatic heterocycles. The molecule has 9 heavy (non-hydrogen) atoms. The van der Waals surface area contributed by atoms with Crippen LogP contribution in [0.25, 0.3) is 0 Å². The summed E-state index contributed by atoms with van der Waals surface area (Å²) in [6.45, 7) is 4.38. The van der Waals surface area contributed by atoms with Crippen LogP contribution in [-0.4, -0.2) is 6.04 Å². The summed E-state index contributed by atoms with van der Waals surface area (Å²) in [6.07, 6.45) is 5.38. The Morgan fingerprint density at radius 2 is 2.11 bits per heavy atom. The molecule has 0 radical (unpaired) electrons. The molecule has 0 amide bonds. The smallest absolute Gasteiger partial charge is 0.00670 e. The third kappa shape index (κ3) is 1.26. The zero-order chi connectivity index (χ0) is 6.91. The van der Waals surface area contributed by atoms with Gasteiger partial charge in [0.05, 0.1) is 0 Å². The molecule has 1 aliphatic rings. The first-order valence-corrected chi connectivity index (χ1v) is 3.97. The van der Waals surface area contributed by atoms with Crippen LogP contribution >= 0.6 is 0 Å². The summed E-state index contributed by atoms with van der Waals surface area (Å²) in [5, 5.41) is 0. The summed E-state index contributed by atoms with van der Waals surface area (Å²) in [5.41, 5.74) is 6.40. The molecule has 0 spiro atoms. The molecular weight excluding hydrogens is 110 g/mol. The Balaban J connectivity index is 2.33. The van der Waals surface area contributed by atoms with Crippen molar-refractivity contribution >= 4 is 0 Å². The van der Waals surface area contributed by atoms with E-state index in [1.165, 1.54) is 25.7 Å². The van der Waals surface area contributed by atoms with Crippen molar-refractivity contribution in [2.45, 2.75) is 45.6 Å². The van der Waals surface area contributed by atoms with Crippen LogP contribution in [0.2, 0.25) is 0 Å². The average molecular weight is 127 g/mol. The van der Waals surface area contributed by atoms with Gasteiger partial charge in [0.25, 0.3) is 0 Å². The molecule has 54 valence electrons. The normalized spacial score (nSPS) is 25.7. The van der Waals surface area contributed by atoms with Gasteiger partial charge in [0.15, 0.2) is 0 Å². The van der Waals surface area contributed by atoms with Crippen LogP contribution in [0.5, 0.6) is 0 Å². The predicted octanol–water partition coefficient (Wildman–Crippen LogP) is 1.91. The molecule has 1 heteroatoms. The van der Waals surface area contributed by atoms with E-state index in [9.17, 15) is 0 Å². The highest BCUT2D eigenvalue weighted by atomic mass is 14.7. The molecule has 1 nitrogen and oxygen atoms in total. The summed E-state index contributed by atoms with van der Waals surface area (Å²) < 4.78 is 0. The number of hydrogen-bond acceptors (Lipinski definition) is 1. The second-order valence-electron chi connectivity index (χ2n) is 3.40. The summed E-state index contributed by atoms with van der Waals surface area (Å²) in [4.78, 5) is 0. The minimum absolute atomic E-state index is 0.428. The molecule has 0 saturated heterocycles. The van der Waals surface area contributed by atoms with E-state index in [0.717, 1.165) is 0 Å². The van der Waals surface area contributed by atoms with Crippen molar-refractivity contribution in [3.05, 3.63) is 0 Å². The zero-order valence-corrected chi connectivity index (χ0v) is 6.48. The van der Waals surface area contributed by atoms with Gasteiger partial charge in [0, 0.05) is 6.04 Å². The fraction of sp³-hybridized carbons (Fsp3) is 1.00. The maximum Gasteiger partial charge on any atom is 0.00670 e. The quantitative estimate of drug-likeness (QED) is 0.615. The first-order chi connectivity index (χ1) is 4.21. The number of nitrogens with two attached hydrogens (primary N) is 1. The Hall–Kier alpha value is -0.0400. The molecule has 0 heterocycles. The molecule has 0 bridgehead atoms. The topological polar surface area (TPSA) is 26.0 Å². The van der Waals surface area contributed by atoms with Crippen LogP contribution in [0.4, 0.5) is 0 Å². The van der Waals surface area contributed by atoms with E-state index in [0.29, 0.717) is 11.5 Å². The molecule has 0 aromatic rings. The van der Waals surface area contributed by atoms with Gasteiger partial charge in [0.2, 0.25) is 0 Å². The minimum atomic E-state index is 0.428. The van der Waals surface area contributed by atoms with Gasteiger partial charge in [-0.2, -0.15) is 0 Å². The Kier molecular flexibility index (Phi) is 1.80. The van der Waals surface area contributed by atoms with E-state index >= 15 is 0 Å². The van der Waals surface area contributed by atoms with Gasteiger partial charge in [-0.1, -0.05) is 13.3 Å². The van der Waals surface area contributed by atoms with Gasteiger partial charge >= 0.3 is 0 Å². The number of hydrogen-bond donors (Lipinski definition) is 1. The van der Waals surface area contributed by atoms with Gasteiger partial charge in [-0.3, -0.25) is 0 Å². The second-order valence-corrected chi connectivity index (χ2v) is 3.40. The lowest BCUT2D eigenvalue weighted by Gasteiger charge is -2.17. The Morgan fingerprint density at radius 3 is 2.22 bits per heavy atom. The molecule has 1 aliphatic carbocycles. The van der Waals surface area contributed by atoms with Crippen molar-refractivity contribution in [3.63, 3.8) is 0 Å². The van der Waals surface area contributed by atoms with E-state index in [1.807, 2.05) is 0 Å². The maximum atomic E-state index is 5.82. The second kappa shape index (κ2) is 2.30. The van der Waals surface area contributed by atoms with Crippen molar-refractivity contribution < 1.29 is 0 Å². The van der Waals surface area contributed by atoms with Crippen molar-refractivity contribution in [3.8, 4) is 0 Å². The van der Waals surface area contributed by atoms with Crippen LogP contribution in [0.15, 0.2) is 0 Å². The highest BCUT2D eigenvalue weighted by Gasteiger charge is 2.44. The van der Waals surface area contributed by atoms with Crippen molar-refractivity contribution in [1.82, 2.24) is 0 Å². The van der Waals surface area contributed by atoms with Crippen LogP contribution in [0.3, 0.4) is 0 Å². The Morgan fingerprint density at radius 1 is 1.56 bits per heavy atom. The van der Waals surface area contributed by atoms with Gasteiger partial charge in [0.1, 0.15) is 0 Å². The molecule has 0 aromatic carbocycles. The Bertz CT molecular complexity index is 92.7. The molecule has 1 atom stereocenters. The highest BCUT2D eigenvalue weighted by molar-refractivity contribution is 4.98. The van der Waals surface area contributed by atoms with Crippen LogP contribution in [-0.2, 0) is 0 Å². The summed E-state index contributed by atoms with van der Waals surface area (Å²) >= 11 is 0. The molecule has 1 fully saturated rings. The summed E-state index contributed by atoms with van der Waals surface area (Å²) in [5.74, 6) is 0. The van der Waals surface area contributed by atoms with Crippen molar-refractivity contribution in [2.24, 2.45) is 11.1 Å². The average Bonchev–Trinajstić information content (AvgIpc) is 2.49. The fourth-order valence-electron chi connectivity index (χ4n) is 1.59. The van der Waals surface area contributed by atoms with E-state index in [4.69, 9.17) is 5.73 Å². The van der Waals surface area contributed by atoms with Crippen molar-refractivity contribution in [2.75, 3.05) is 0 Å². The predicted molar refractivity (Wildman–Crippen MR) is 40.2 cm³/mol. The third-order valence-corrected chi connectivity index (χ3v) is 2.61. The third-order valence-electron chi connectivity index (χ3n) is 2.61. The van der Waals surface area contributed by atoms with Crippen LogP contribution in [0, 0.1) is 5.41 Å². The highest BCUT2D eigenvalue weighted by Crippen LogP contribution is 2.51. The van der Waals surface area contributed by atoms with Crippen LogP contribution in [0.1, 0.15) is 39.5 Å². The SMILES string of the molecule is CCCC1(C(C)N)CC1. The lowest BCUT2D eigenvalue weighted by Crippen LogP contribution is -2.27. The molecule has 1 rings (SSSR count). The Labute approximate surface area is 57.6 Å². The van der Waals surface area contributed by atoms with E-state index in [2.05, 4.69) is 13.8 Å². The first-order valence-electron chi connectivity index (χ1n) is 3.97. The largest absolute Gasteiger partial charge is 0.327 e. The van der Waals surface area contributed by atoms with E-state index in [1.54, 1.807) is 0 Å². The monoisotopic (exact) mass is 127 g/mol. The maximum absolute atomic E-state index is 5.82. The number of rotatable bonds is 3. The van der Waals surface area contributed by atoms with Crippen LogP contribution < -0.4 is 5.73 Å². The lowest BCUT2D eigenvalue weighted by molar-refractivity contribution is 0.386. The molecule has 2 N–H and O–H groups in total. The van der Waals surface area contributed by atoms with E-state index in [-0.39, 0.29) is 0 Å². The first kappa shape index (κ1) is 7.07. The van der Waals surface area contributed by atoms with Gasteiger partial charge < -0.3 is 5.73 Å². The fourth-order valence-corrected chi connectivity index (χ4v) is 1.59. The minimum Gasteiger partial charge on any atom is -0.327 e.